The number of nitrogens with two attached hydrogens (primary N) is 1. The summed E-state index contributed by atoms with van der Waals surface area (Å²) in [7, 11) is 0. The molecule has 0 amide bonds. The zero-order chi connectivity index (χ0) is 11.7. The number of benzene rings is 1. The van der Waals surface area contributed by atoms with Gasteiger partial charge < -0.3 is 15.2 Å². The van der Waals surface area contributed by atoms with Crippen molar-refractivity contribution in [2.45, 2.75) is 26.2 Å². The van der Waals surface area contributed by atoms with Crippen LogP contribution >= 0.6 is 15.9 Å². The molecule has 3 nitrogen and oxygen atoms in total. The lowest BCUT2D eigenvalue weighted by Gasteiger charge is -2.16. The van der Waals surface area contributed by atoms with Crippen molar-refractivity contribution < 1.29 is 9.47 Å². The highest BCUT2D eigenvalue weighted by molar-refractivity contribution is 9.10. The molecule has 0 spiro atoms. The highest BCUT2D eigenvalue weighted by Gasteiger charge is 2.24. The Kier molecular flexibility index (Phi) is 3.40. The summed E-state index contributed by atoms with van der Waals surface area (Å²) >= 11 is 3.51. The molecule has 0 saturated carbocycles. The lowest BCUT2D eigenvalue weighted by Crippen LogP contribution is -2.11. The smallest absolute Gasteiger partial charge is 0.231 e. The van der Waals surface area contributed by atoms with Crippen LogP contribution in [0, 0.1) is 0 Å². The van der Waals surface area contributed by atoms with Crippen molar-refractivity contribution in [1.29, 1.82) is 0 Å². The first-order chi connectivity index (χ1) is 7.69. The quantitative estimate of drug-likeness (QED) is 0.929. The third-order valence-corrected chi connectivity index (χ3v) is 3.56. The maximum atomic E-state index is 5.74. The van der Waals surface area contributed by atoms with Crippen LogP contribution < -0.4 is 15.2 Å². The minimum atomic E-state index is 0.307. The summed E-state index contributed by atoms with van der Waals surface area (Å²) in [6, 6.07) is 2.10. The van der Waals surface area contributed by atoms with E-state index in [1.165, 1.54) is 11.1 Å². The fourth-order valence-corrected chi connectivity index (χ4v) is 2.57. The fourth-order valence-electron chi connectivity index (χ4n) is 2.03. The maximum absolute atomic E-state index is 5.74. The van der Waals surface area contributed by atoms with Gasteiger partial charge in [0.05, 0.1) is 4.47 Å². The molecule has 0 aromatic heterocycles. The van der Waals surface area contributed by atoms with Crippen molar-refractivity contribution in [3.8, 4) is 11.5 Å². The SMILES string of the molecule is CCc1c(C(C)CN)cc(Br)c2c1OCO2. The Morgan fingerprint density at radius 1 is 1.44 bits per heavy atom. The number of ether oxygens (including phenoxy) is 2. The highest BCUT2D eigenvalue weighted by atomic mass is 79.9. The average molecular weight is 286 g/mol. The van der Waals surface area contributed by atoms with Crippen LogP contribution in [-0.4, -0.2) is 13.3 Å². The molecule has 1 heterocycles. The second-order valence-corrected chi connectivity index (χ2v) is 4.84. The van der Waals surface area contributed by atoms with E-state index in [9.17, 15) is 0 Å². The molecular formula is C12H16BrNO2. The van der Waals surface area contributed by atoms with Crippen LogP contribution in [0.2, 0.25) is 0 Å². The van der Waals surface area contributed by atoms with Gasteiger partial charge in [-0.2, -0.15) is 0 Å². The molecule has 0 radical (unpaired) electrons. The van der Waals surface area contributed by atoms with Gasteiger partial charge >= 0.3 is 0 Å². The average Bonchev–Trinajstić information content (AvgIpc) is 2.77. The molecule has 1 atom stereocenters. The number of fused-ring (bicyclic) bond motifs is 1. The lowest BCUT2D eigenvalue weighted by molar-refractivity contribution is 0.172. The van der Waals surface area contributed by atoms with Crippen molar-refractivity contribution in [2.24, 2.45) is 5.73 Å². The van der Waals surface area contributed by atoms with Crippen LogP contribution in [0.3, 0.4) is 0 Å². The van der Waals surface area contributed by atoms with Gasteiger partial charge in [-0.1, -0.05) is 13.8 Å². The number of halogens is 1. The van der Waals surface area contributed by atoms with Gasteiger partial charge in [0, 0.05) is 5.56 Å². The van der Waals surface area contributed by atoms with Crippen LogP contribution in [0.15, 0.2) is 10.5 Å². The zero-order valence-electron chi connectivity index (χ0n) is 9.55. The van der Waals surface area contributed by atoms with E-state index in [0.29, 0.717) is 19.3 Å². The van der Waals surface area contributed by atoms with Gasteiger partial charge in [-0.05, 0) is 46.4 Å². The van der Waals surface area contributed by atoms with Crippen molar-refractivity contribution in [2.75, 3.05) is 13.3 Å². The van der Waals surface area contributed by atoms with E-state index in [2.05, 4.69) is 35.8 Å². The van der Waals surface area contributed by atoms with E-state index in [4.69, 9.17) is 15.2 Å². The van der Waals surface area contributed by atoms with Crippen molar-refractivity contribution in [1.82, 2.24) is 0 Å². The second-order valence-electron chi connectivity index (χ2n) is 3.98. The minimum absolute atomic E-state index is 0.307. The van der Waals surface area contributed by atoms with Gasteiger partial charge in [-0.25, -0.2) is 0 Å². The number of hydrogen-bond acceptors (Lipinski definition) is 3. The lowest BCUT2D eigenvalue weighted by atomic mass is 9.93. The van der Waals surface area contributed by atoms with Gasteiger partial charge in [-0.15, -0.1) is 0 Å². The molecule has 1 aromatic carbocycles. The standard InChI is InChI=1S/C12H16BrNO2/c1-3-8-9(7(2)5-14)4-10(13)12-11(8)15-6-16-12/h4,7H,3,5-6,14H2,1-2H3. The fraction of sp³-hybridized carbons (Fsp3) is 0.500. The van der Waals surface area contributed by atoms with Crippen molar-refractivity contribution in [3.05, 3.63) is 21.7 Å². The van der Waals surface area contributed by atoms with Gasteiger partial charge in [0.25, 0.3) is 0 Å². The van der Waals surface area contributed by atoms with Crippen LogP contribution in [0.1, 0.15) is 30.9 Å². The van der Waals surface area contributed by atoms with Crippen molar-refractivity contribution in [3.63, 3.8) is 0 Å². The largest absolute Gasteiger partial charge is 0.453 e. The van der Waals surface area contributed by atoms with E-state index in [1.54, 1.807) is 0 Å². The van der Waals surface area contributed by atoms with Crippen LogP contribution in [0.4, 0.5) is 0 Å². The molecule has 88 valence electrons. The summed E-state index contributed by atoms with van der Waals surface area (Å²) in [4.78, 5) is 0. The molecule has 1 aliphatic rings. The Morgan fingerprint density at radius 3 is 2.75 bits per heavy atom. The maximum Gasteiger partial charge on any atom is 0.231 e. The topological polar surface area (TPSA) is 44.5 Å². The molecule has 16 heavy (non-hydrogen) atoms. The van der Waals surface area contributed by atoms with Crippen LogP contribution in [0.5, 0.6) is 11.5 Å². The zero-order valence-corrected chi connectivity index (χ0v) is 11.1. The Morgan fingerprint density at radius 2 is 2.12 bits per heavy atom. The normalized spacial score (nSPS) is 15.2. The molecule has 4 heteroatoms. The number of rotatable bonds is 3. The molecule has 1 unspecified atom stereocenters. The summed E-state index contributed by atoms with van der Waals surface area (Å²) in [6.07, 6.45) is 0.929. The molecule has 0 aliphatic carbocycles. The minimum Gasteiger partial charge on any atom is -0.453 e. The van der Waals surface area contributed by atoms with E-state index in [0.717, 1.165) is 22.4 Å². The molecule has 0 fully saturated rings. The predicted octanol–water partition coefficient (Wildman–Crippen LogP) is 2.80. The Labute approximate surface area is 104 Å². The Bertz CT molecular complexity index is 406. The molecule has 2 rings (SSSR count). The van der Waals surface area contributed by atoms with Crippen LogP contribution in [-0.2, 0) is 6.42 Å². The Hall–Kier alpha value is -0.740. The van der Waals surface area contributed by atoms with E-state index in [-0.39, 0.29) is 0 Å². The molecule has 0 saturated heterocycles. The third-order valence-electron chi connectivity index (χ3n) is 2.97. The Balaban J connectivity index is 2.57. The summed E-state index contributed by atoms with van der Waals surface area (Å²) in [5, 5.41) is 0. The first kappa shape index (κ1) is 11.7. The summed E-state index contributed by atoms with van der Waals surface area (Å²) in [5.41, 5.74) is 8.20. The molecule has 1 aromatic rings. The number of hydrogen-bond donors (Lipinski definition) is 1. The first-order valence-corrected chi connectivity index (χ1v) is 6.29. The molecule has 0 bridgehead atoms. The van der Waals surface area contributed by atoms with Gasteiger partial charge in [-0.3, -0.25) is 0 Å². The van der Waals surface area contributed by atoms with E-state index < -0.39 is 0 Å². The highest BCUT2D eigenvalue weighted by Crippen LogP contribution is 2.45. The first-order valence-electron chi connectivity index (χ1n) is 5.50. The third kappa shape index (κ3) is 1.80. The van der Waals surface area contributed by atoms with E-state index in [1.807, 2.05) is 0 Å². The monoisotopic (exact) mass is 285 g/mol. The summed E-state index contributed by atoms with van der Waals surface area (Å²) < 4.78 is 11.9. The predicted molar refractivity (Wildman–Crippen MR) is 67.1 cm³/mol. The van der Waals surface area contributed by atoms with Crippen molar-refractivity contribution >= 4 is 15.9 Å². The summed E-state index contributed by atoms with van der Waals surface area (Å²) in [6.45, 7) is 5.20. The van der Waals surface area contributed by atoms with E-state index >= 15 is 0 Å². The van der Waals surface area contributed by atoms with Gasteiger partial charge in [0.15, 0.2) is 11.5 Å². The molecular weight excluding hydrogens is 270 g/mol. The second kappa shape index (κ2) is 4.63. The molecule has 2 N–H and O–H groups in total. The van der Waals surface area contributed by atoms with Crippen LogP contribution in [0.25, 0.3) is 0 Å². The van der Waals surface area contributed by atoms with Gasteiger partial charge in [0.2, 0.25) is 6.79 Å². The molecule has 1 aliphatic heterocycles. The summed E-state index contributed by atoms with van der Waals surface area (Å²) in [5.74, 6) is 2.04. The van der Waals surface area contributed by atoms with Gasteiger partial charge in [0.1, 0.15) is 0 Å².